The summed E-state index contributed by atoms with van der Waals surface area (Å²) in [6.45, 7) is 2.27. The van der Waals surface area contributed by atoms with Crippen molar-refractivity contribution >= 4 is 23.5 Å². The van der Waals surface area contributed by atoms with Crippen LogP contribution < -0.4 is 4.90 Å². The summed E-state index contributed by atoms with van der Waals surface area (Å²) >= 11 is 0. The fourth-order valence-corrected chi connectivity index (χ4v) is 3.18. The summed E-state index contributed by atoms with van der Waals surface area (Å²) < 4.78 is 5.42. The smallest absolute Gasteiger partial charge is 0.339 e. The van der Waals surface area contributed by atoms with E-state index in [0.717, 1.165) is 5.69 Å². The number of furan rings is 1. The Bertz CT molecular complexity index is 843. The van der Waals surface area contributed by atoms with Gasteiger partial charge in [0.1, 0.15) is 17.4 Å². The number of carboxylic acid groups (broad SMARTS) is 1. The van der Waals surface area contributed by atoms with E-state index in [1.807, 2.05) is 30.3 Å². The Morgan fingerprint density at radius 3 is 2.58 bits per heavy atom. The van der Waals surface area contributed by atoms with Gasteiger partial charge in [0.25, 0.3) is 5.91 Å². The third-order valence-corrected chi connectivity index (χ3v) is 4.60. The number of carbonyl (C=O) groups is 3. The predicted octanol–water partition coefficient (Wildman–Crippen LogP) is 2.42. The summed E-state index contributed by atoms with van der Waals surface area (Å²) in [5, 5.41) is 9.20. The second kappa shape index (κ2) is 7.03. The lowest BCUT2D eigenvalue weighted by molar-refractivity contribution is -0.120. The van der Waals surface area contributed by atoms with Crippen molar-refractivity contribution in [2.24, 2.45) is 0 Å². The Morgan fingerprint density at radius 1 is 1.31 bits per heavy atom. The highest BCUT2D eigenvalue weighted by Gasteiger charge is 2.38. The minimum Gasteiger partial charge on any atom is -0.478 e. The summed E-state index contributed by atoms with van der Waals surface area (Å²) in [4.78, 5) is 39.6. The van der Waals surface area contributed by atoms with Crippen molar-refractivity contribution in [1.82, 2.24) is 4.90 Å². The molecule has 1 unspecified atom stereocenters. The molecule has 0 bridgehead atoms. The highest BCUT2D eigenvalue weighted by atomic mass is 16.4. The molecule has 1 saturated heterocycles. The lowest BCUT2D eigenvalue weighted by atomic mass is 10.2. The van der Waals surface area contributed by atoms with Gasteiger partial charge in [0, 0.05) is 31.8 Å². The molecule has 1 N–H and O–H groups in total. The van der Waals surface area contributed by atoms with Crippen LogP contribution in [0.4, 0.5) is 5.69 Å². The van der Waals surface area contributed by atoms with Gasteiger partial charge in [-0.3, -0.25) is 9.59 Å². The van der Waals surface area contributed by atoms with E-state index in [-0.39, 0.29) is 23.0 Å². The largest absolute Gasteiger partial charge is 0.478 e. The zero-order chi connectivity index (χ0) is 18.8. The zero-order valence-corrected chi connectivity index (χ0v) is 14.6. The fraction of sp³-hybridized carbons (Fsp3) is 0.316. The second-order valence-electron chi connectivity index (χ2n) is 6.15. The number of carboxylic acids is 1. The molecule has 0 saturated carbocycles. The van der Waals surface area contributed by atoms with Gasteiger partial charge in [-0.2, -0.15) is 0 Å². The molecule has 26 heavy (non-hydrogen) atoms. The number of para-hydroxylation sites is 1. The number of hydrogen-bond acceptors (Lipinski definition) is 4. The number of aryl methyl sites for hydroxylation is 1. The molecule has 1 atom stereocenters. The van der Waals surface area contributed by atoms with Crippen LogP contribution in [0.2, 0.25) is 0 Å². The highest BCUT2D eigenvalue weighted by Crippen LogP contribution is 2.25. The molecule has 7 heteroatoms. The van der Waals surface area contributed by atoms with Crippen LogP contribution in [0.15, 0.2) is 40.8 Å². The third kappa shape index (κ3) is 3.08. The molecule has 2 heterocycles. The van der Waals surface area contributed by atoms with E-state index in [1.165, 1.54) is 18.0 Å². The van der Waals surface area contributed by atoms with Gasteiger partial charge >= 0.3 is 5.97 Å². The molecule has 1 aromatic heterocycles. The molecule has 1 aliphatic heterocycles. The number of rotatable bonds is 5. The summed E-state index contributed by atoms with van der Waals surface area (Å²) in [5.41, 5.74) is 0.771. The monoisotopic (exact) mass is 356 g/mol. The first-order valence-electron chi connectivity index (χ1n) is 8.43. The SMILES string of the molecule is CCc1oc(C(=O)N(C)C2CCN(c3ccccc3)C2=O)cc1C(=O)O. The Labute approximate surface area is 150 Å². The van der Waals surface area contributed by atoms with Crippen LogP contribution in [0.25, 0.3) is 0 Å². The molecule has 2 aromatic rings. The maximum atomic E-state index is 12.7. The number of likely N-dealkylation sites (N-methyl/N-ethyl adjacent to an activating group) is 1. The lowest BCUT2D eigenvalue weighted by Crippen LogP contribution is -2.42. The van der Waals surface area contributed by atoms with Crippen molar-refractivity contribution in [2.75, 3.05) is 18.5 Å². The fourth-order valence-electron chi connectivity index (χ4n) is 3.18. The average Bonchev–Trinajstić information content (AvgIpc) is 3.25. The van der Waals surface area contributed by atoms with E-state index in [4.69, 9.17) is 4.42 Å². The molecule has 2 amide bonds. The van der Waals surface area contributed by atoms with Crippen LogP contribution >= 0.6 is 0 Å². The van der Waals surface area contributed by atoms with Gasteiger partial charge in [0.15, 0.2) is 5.76 Å². The molecule has 136 valence electrons. The van der Waals surface area contributed by atoms with E-state index in [0.29, 0.717) is 19.4 Å². The van der Waals surface area contributed by atoms with Crippen molar-refractivity contribution in [3.63, 3.8) is 0 Å². The molecule has 0 spiro atoms. The topological polar surface area (TPSA) is 91.1 Å². The van der Waals surface area contributed by atoms with Crippen molar-refractivity contribution in [1.29, 1.82) is 0 Å². The standard InChI is InChI=1S/C19H20N2O5/c1-3-15-13(19(24)25)11-16(26-15)18(23)20(2)14-9-10-21(17(14)22)12-7-5-4-6-8-12/h4-8,11,14H,3,9-10H2,1-2H3,(H,24,25). The molecule has 1 aliphatic rings. The molecule has 0 aliphatic carbocycles. The van der Waals surface area contributed by atoms with Crippen molar-refractivity contribution in [3.05, 3.63) is 53.5 Å². The maximum absolute atomic E-state index is 12.7. The van der Waals surface area contributed by atoms with E-state index < -0.39 is 17.9 Å². The van der Waals surface area contributed by atoms with Gasteiger partial charge in [-0.05, 0) is 18.6 Å². The second-order valence-corrected chi connectivity index (χ2v) is 6.15. The predicted molar refractivity (Wildman–Crippen MR) is 94.3 cm³/mol. The van der Waals surface area contributed by atoms with Gasteiger partial charge in [-0.25, -0.2) is 4.79 Å². The van der Waals surface area contributed by atoms with E-state index >= 15 is 0 Å². The van der Waals surface area contributed by atoms with Crippen LogP contribution in [-0.4, -0.2) is 47.4 Å². The number of carbonyl (C=O) groups excluding carboxylic acids is 2. The van der Waals surface area contributed by atoms with E-state index in [2.05, 4.69) is 0 Å². The maximum Gasteiger partial charge on any atom is 0.339 e. The first kappa shape index (κ1) is 17.7. The normalized spacial score (nSPS) is 16.8. The third-order valence-electron chi connectivity index (χ3n) is 4.60. The molecule has 1 fully saturated rings. The van der Waals surface area contributed by atoms with Gasteiger partial charge in [-0.1, -0.05) is 25.1 Å². The van der Waals surface area contributed by atoms with E-state index in [9.17, 15) is 19.5 Å². The van der Waals surface area contributed by atoms with Crippen LogP contribution in [0.3, 0.4) is 0 Å². The van der Waals surface area contributed by atoms with Gasteiger partial charge in [0.2, 0.25) is 5.91 Å². The van der Waals surface area contributed by atoms with E-state index in [1.54, 1.807) is 11.8 Å². The van der Waals surface area contributed by atoms with Crippen LogP contribution in [-0.2, 0) is 11.2 Å². The minimum absolute atomic E-state index is 0.0205. The first-order valence-corrected chi connectivity index (χ1v) is 8.43. The number of benzene rings is 1. The lowest BCUT2D eigenvalue weighted by Gasteiger charge is -2.23. The molecular weight excluding hydrogens is 336 g/mol. The zero-order valence-electron chi connectivity index (χ0n) is 14.6. The van der Waals surface area contributed by atoms with Crippen LogP contribution in [0.5, 0.6) is 0 Å². The molecule has 0 radical (unpaired) electrons. The quantitative estimate of drug-likeness (QED) is 0.888. The summed E-state index contributed by atoms with van der Waals surface area (Å²) in [7, 11) is 1.54. The van der Waals surface area contributed by atoms with Crippen LogP contribution in [0, 0.1) is 0 Å². The number of amides is 2. The summed E-state index contributed by atoms with van der Waals surface area (Å²) in [6.07, 6.45) is 0.867. The average molecular weight is 356 g/mol. The van der Waals surface area contributed by atoms with Crippen molar-refractivity contribution in [2.45, 2.75) is 25.8 Å². The Balaban J connectivity index is 1.79. The number of hydrogen-bond donors (Lipinski definition) is 1. The van der Waals surface area contributed by atoms with Gasteiger partial charge < -0.3 is 19.3 Å². The van der Waals surface area contributed by atoms with Crippen LogP contribution in [0.1, 0.15) is 40.0 Å². The summed E-state index contributed by atoms with van der Waals surface area (Å²) in [5.74, 6) is -1.61. The molecule has 7 nitrogen and oxygen atoms in total. The molecule has 1 aromatic carbocycles. The first-order chi connectivity index (χ1) is 12.4. The van der Waals surface area contributed by atoms with Gasteiger partial charge in [0.05, 0.1) is 0 Å². The van der Waals surface area contributed by atoms with Crippen molar-refractivity contribution in [3.8, 4) is 0 Å². The Hall–Kier alpha value is -3.09. The number of aromatic carboxylic acids is 1. The molecule has 3 rings (SSSR count). The minimum atomic E-state index is -1.14. The summed E-state index contributed by atoms with van der Waals surface area (Å²) in [6, 6.07) is 9.91. The van der Waals surface area contributed by atoms with Gasteiger partial charge in [-0.15, -0.1) is 0 Å². The van der Waals surface area contributed by atoms with Crippen molar-refractivity contribution < 1.29 is 23.9 Å². The number of nitrogens with zero attached hydrogens (tertiary/aromatic N) is 2. The highest BCUT2D eigenvalue weighted by molar-refractivity contribution is 6.03. The number of anilines is 1. The Kier molecular flexibility index (Phi) is 4.79. The Morgan fingerprint density at radius 2 is 2.00 bits per heavy atom. The molecular formula is C19H20N2O5.